The molecule has 0 radical (unpaired) electrons. The number of carbonyl (C=O) groups excluding carboxylic acids is 1. The van der Waals surface area contributed by atoms with Crippen molar-refractivity contribution in [2.24, 2.45) is 0 Å². The normalized spacial score (nSPS) is 20.1. The van der Waals surface area contributed by atoms with Crippen molar-refractivity contribution in [1.82, 2.24) is 30.5 Å². The summed E-state index contributed by atoms with van der Waals surface area (Å²) in [6, 6.07) is 9.09. The molecule has 1 saturated heterocycles. The zero-order valence-electron chi connectivity index (χ0n) is 18.1. The lowest BCUT2D eigenvalue weighted by Gasteiger charge is -2.31. The zero-order valence-corrected chi connectivity index (χ0v) is 18.1. The molecule has 1 aliphatic carbocycles. The van der Waals surface area contributed by atoms with Gasteiger partial charge in [0.15, 0.2) is 0 Å². The molecule has 6 rings (SSSR count). The van der Waals surface area contributed by atoms with Crippen LogP contribution in [-0.2, 0) is 4.79 Å². The molecule has 9 nitrogen and oxygen atoms in total. The Kier molecular flexibility index (Phi) is 4.68. The Morgan fingerprint density at radius 3 is 2.82 bits per heavy atom. The molecule has 0 saturated carbocycles. The number of benzene rings is 1. The van der Waals surface area contributed by atoms with Gasteiger partial charge >= 0.3 is 0 Å². The first-order chi connectivity index (χ1) is 16.6. The summed E-state index contributed by atoms with van der Waals surface area (Å²) in [5, 5.41) is 20.1. The highest BCUT2D eigenvalue weighted by Gasteiger charge is 2.35. The highest BCUT2D eigenvalue weighted by molar-refractivity contribution is 6.12. The van der Waals surface area contributed by atoms with Gasteiger partial charge in [-0.15, -0.1) is 0 Å². The number of H-pyrrole nitrogens is 2. The summed E-state index contributed by atoms with van der Waals surface area (Å²) in [5.41, 5.74) is 3.62. The predicted molar refractivity (Wildman–Crippen MR) is 128 cm³/mol. The summed E-state index contributed by atoms with van der Waals surface area (Å²) >= 11 is 0. The zero-order chi connectivity index (χ0) is 23.2. The van der Waals surface area contributed by atoms with E-state index in [2.05, 4.69) is 25.5 Å². The Labute approximate surface area is 193 Å². The van der Waals surface area contributed by atoms with Crippen molar-refractivity contribution in [3.8, 4) is 11.4 Å². The van der Waals surface area contributed by atoms with Gasteiger partial charge in [0.25, 0.3) is 5.56 Å². The van der Waals surface area contributed by atoms with Gasteiger partial charge in [-0.1, -0.05) is 18.2 Å². The van der Waals surface area contributed by atoms with Gasteiger partial charge in [-0.05, 0) is 42.2 Å². The summed E-state index contributed by atoms with van der Waals surface area (Å²) in [4.78, 5) is 37.4. The van der Waals surface area contributed by atoms with Crippen molar-refractivity contribution < 1.29 is 4.79 Å². The first-order valence-corrected chi connectivity index (χ1v) is 11.2. The maximum Gasteiger partial charge on any atom is 0.260 e. The molecule has 1 fully saturated rings. The molecule has 168 valence electrons. The molecule has 9 heteroatoms. The molecule has 1 aliphatic heterocycles. The molecule has 3 aromatic heterocycles. The van der Waals surface area contributed by atoms with Gasteiger partial charge in [0, 0.05) is 35.7 Å². The lowest BCUT2D eigenvalue weighted by atomic mass is 9.78. The second kappa shape index (κ2) is 7.87. The van der Waals surface area contributed by atoms with E-state index in [1.165, 1.54) is 0 Å². The fourth-order valence-corrected chi connectivity index (χ4v) is 4.90. The van der Waals surface area contributed by atoms with Crippen LogP contribution < -0.4 is 10.9 Å². The number of hydrogen-bond acceptors (Lipinski definition) is 6. The number of nitrogens with one attached hydrogen (secondary N) is 4. The Bertz CT molecular complexity index is 1530. The van der Waals surface area contributed by atoms with Crippen LogP contribution in [0.1, 0.15) is 42.0 Å². The number of hydrogen-bond donors (Lipinski definition) is 4. The van der Waals surface area contributed by atoms with Crippen molar-refractivity contribution in [2.75, 3.05) is 0 Å². The van der Waals surface area contributed by atoms with Crippen LogP contribution in [0.5, 0.6) is 0 Å². The van der Waals surface area contributed by atoms with E-state index in [0.717, 1.165) is 34.9 Å². The van der Waals surface area contributed by atoms with Crippen LogP contribution in [0.2, 0.25) is 0 Å². The molecule has 0 bridgehead atoms. The first kappa shape index (κ1) is 20.2. The highest BCUT2D eigenvalue weighted by Crippen LogP contribution is 2.38. The smallest absolute Gasteiger partial charge is 0.260 e. The van der Waals surface area contributed by atoms with Crippen LogP contribution in [0.4, 0.5) is 0 Å². The maximum atomic E-state index is 13.4. The van der Waals surface area contributed by atoms with Crippen LogP contribution in [0.3, 0.4) is 0 Å². The largest absolute Gasteiger partial charge is 0.349 e. The third-order valence-electron chi connectivity index (χ3n) is 6.52. The average molecular weight is 451 g/mol. The topological polar surface area (TPSA) is 140 Å². The number of pyridine rings is 1. The number of piperidine rings is 1. The molecule has 4 aromatic rings. The predicted octanol–water partition coefficient (Wildman–Crippen LogP) is 2.93. The van der Waals surface area contributed by atoms with Crippen LogP contribution in [0.15, 0.2) is 59.8 Å². The second-order valence-electron chi connectivity index (χ2n) is 8.58. The number of allylic oxidation sites excluding steroid dienone is 1. The van der Waals surface area contributed by atoms with Gasteiger partial charge in [0.2, 0.25) is 5.91 Å². The fraction of sp³-hybridized carbons (Fsp3) is 0.200. The van der Waals surface area contributed by atoms with Gasteiger partial charge in [-0.25, -0.2) is 4.98 Å². The van der Waals surface area contributed by atoms with Crippen LogP contribution in [0.25, 0.3) is 27.9 Å². The SMILES string of the molecule is N=C1c2c(nc(-c3cccnc3)[nH]c2=O)C(C2CCCC(=O)N2)=CC1c1cccc2[nH]ncc12. The molecular weight excluding hydrogens is 430 g/mol. The molecule has 1 aromatic carbocycles. The van der Waals surface area contributed by atoms with E-state index >= 15 is 0 Å². The van der Waals surface area contributed by atoms with Crippen molar-refractivity contribution in [3.63, 3.8) is 0 Å². The highest BCUT2D eigenvalue weighted by atomic mass is 16.1. The number of amides is 1. The van der Waals surface area contributed by atoms with Gasteiger partial charge in [-0.2, -0.15) is 5.10 Å². The number of aromatic amines is 2. The van der Waals surface area contributed by atoms with E-state index in [1.54, 1.807) is 24.7 Å². The fourth-order valence-electron chi connectivity index (χ4n) is 4.90. The van der Waals surface area contributed by atoms with E-state index in [-0.39, 0.29) is 28.8 Å². The van der Waals surface area contributed by atoms with E-state index in [4.69, 9.17) is 10.4 Å². The molecular formula is C25H21N7O2. The van der Waals surface area contributed by atoms with Crippen LogP contribution >= 0.6 is 0 Å². The molecule has 2 unspecified atom stereocenters. The third kappa shape index (κ3) is 3.24. The van der Waals surface area contributed by atoms with Gasteiger partial charge in [-0.3, -0.25) is 19.7 Å². The Morgan fingerprint density at radius 2 is 2.00 bits per heavy atom. The van der Waals surface area contributed by atoms with E-state index in [9.17, 15) is 9.59 Å². The minimum atomic E-state index is -0.477. The molecule has 0 spiro atoms. The summed E-state index contributed by atoms with van der Waals surface area (Å²) in [6.45, 7) is 0. The minimum Gasteiger partial charge on any atom is -0.349 e. The number of rotatable bonds is 3. The van der Waals surface area contributed by atoms with Crippen molar-refractivity contribution in [2.45, 2.75) is 31.2 Å². The second-order valence-corrected chi connectivity index (χ2v) is 8.58. The maximum absolute atomic E-state index is 13.4. The minimum absolute atomic E-state index is 0.0230. The number of carbonyl (C=O) groups is 1. The summed E-state index contributed by atoms with van der Waals surface area (Å²) in [7, 11) is 0. The summed E-state index contributed by atoms with van der Waals surface area (Å²) < 4.78 is 0. The van der Waals surface area contributed by atoms with Gasteiger partial charge in [0.05, 0.1) is 34.7 Å². The lowest BCUT2D eigenvalue weighted by molar-refractivity contribution is -0.122. The van der Waals surface area contributed by atoms with Crippen LogP contribution in [-0.4, -0.2) is 42.8 Å². The Hall–Kier alpha value is -4.40. The molecule has 4 heterocycles. The number of aromatic nitrogens is 5. The molecule has 4 N–H and O–H groups in total. The van der Waals surface area contributed by atoms with Crippen molar-refractivity contribution in [1.29, 1.82) is 5.41 Å². The molecule has 2 aliphatic rings. The quantitative estimate of drug-likeness (QED) is 0.379. The molecule has 1 amide bonds. The first-order valence-electron chi connectivity index (χ1n) is 11.2. The lowest BCUT2D eigenvalue weighted by Crippen LogP contribution is -2.42. The Morgan fingerprint density at radius 1 is 1.09 bits per heavy atom. The van der Waals surface area contributed by atoms with Gasteiger partial charge in [0.1, 0.15) is 5.82 Å². The molecule has 34 heavy (non-hydrogen) atoms. The summed E-state index contributed by atoms with van der Waals surface area (Å²) in [6.07, 6.45) is 8.96. The molecule has 2 atom stereocenters. The van der Waals surface area contributed by atoms with Gasteiger partial charge < -0.3 is 15.7 Å². The van der Waals surface area contributed by atoms with Crippen molar-refractivity contribution in [3.05, 3.63) is 82.2 Å². The average Bonchev–Trinajstić information content (AvgIpc) is 3.34. The Balaban J connectivity index is 1.57. The number of nitrogens with zero attached hydrogens (tertiary/aromatic N) is 3. The van der Waals surface area contributed by atoms with E-state index in [1.807, 2.05) is 30.3 Å². The summed E-state index contributed by atoms with van der Waals surface area (Å²) in [5.74, 6) is -0.118. The standard InChI is InChI=1S/C25H21N7O2/c26-22-15(14-5-1-7-19-17(14)12-28-32-19)10-16(18-6-2-8-20(33)29-18)23-21(22)25(34)31-24(30-23)13-4-3-9-27-11-13/h1,3-5,7,9-12,15,18,26H,2,6,8H2,(H,28,32)(H,29,33)(H,30,31,34). The monoisotopic (exact) mass is 451 g/mol. The van der Waals surface area contributed by atoms with E-state index in [0.29, 0.717) is 23.5 Å². The van der Waals surface area contributed by atoms with Crippen LogP contribution in [0, 0.1) is 5.41 Å². The van der Waals surface area contributed by atoms with E-state index < -0.39 is 5.92 Å². The third-order valence-corrected chi connectivity index (χ3v) is 6.52. The number of fused-ring (bicyclic) bond motifs is 2. The van der Waals surface area contributed by atoms with Crippen molar-refractivity contribution >= 4 is 28.1 Å².